The highest BCUT2D eigenvalue weighted by atomic mass is 19.1. The number of aromatic nitrogens is 3. The van der Waals surface area contributed by atoms with Crippen LogP contribution in [0.3, 0.4) is 0 Å². The van der Waals surface area contributed by atoms with Gasteiger partial charge in [0.1, 0.15) is 41.2 Å². The van der Waals surface area contributed by atoms with Gasteiger partial charge in [-0.2, -0.15) is 9.97 Å². The average molecular weight is 997 g/mol. The molecule has 3 N–H and O–H groups in total. The van der Waals surface area contributed by atoms with E-state index in [-0.39, 0.29) is 82.8 Å². The van der Waals surface area contributed by atoms with E-state index in [1.165, 1.54) is 29.2 Å². The highest BCUT2D eigenvalue weighted by Crippen LogP contribution is 2.43. The zero-order chi connectivity index (χ0) is 50.1. The summed E-state index contributed by atoms with van der Waals surface area (Å²) in [6.07, 6.45) is 16.2. The van der Waals surface area contributed by atoms with Crippen LogP contribution in [0.1, 0.15) is 85.7 Å². The molecule has 15 nitrogen and oxygen atoms in total. The molecule has 1 spiro atoms. The Kier molecular flexibility index (Phi) is 12.4. The second kappa shape index (κ2) is 19.1. The molecule has 7 aliphatic heterocycles. The summed E-state index contributed by atoms with van der Waals surface area (Å²) in [4.78, 5) is 62.2. The number of phenolic OH excluding ortho intramolecular Hbond substituents is 1. The number of rotatable bonds is 10. The summed E-state index contributed by atoms with van der Waals surface area (Å²) >= 11 is 0. The molecule has 5 aromatic rings. The molecule has 6 fully saturated rings. The number of anilines is 2. The van der Waals surface area contributed by atoms with Gasteiger partial charge in [0.2, 0.25) is 11.8 Å². The number of ether oxygens (including phenoxy) is 1. The van der Waals surface area contributed by atoms with Gasteiger partial charge in [-0.3, -0.25) is 29.6 Å². The molecule has 2 bridgehead atoms. The number of terminal acetylenes is 1. The van der Waals surface area contributed by atoms with Gasteiger partial charge >= 0.3 is 6.01 Å². The maximum Gasteiger partial charge on any atom is 0.319 e. The second-order valence-electron chi connectivity index (χ2n) is 21.5. The number of pyridine rings is 1. The van der Waals surface area contributed by atoms with Gasteiger partial charge in [0.25, 0.3) is 5.91 Å². The number of piperidine rings is 4. The molecule has 3 amide bonds. The lowest BCUT2D eigenvalue weighted by Gasteiger charge is -2.47. The molecule has 9 heterocycles. The molecule has 2 aromatic heterocycles. The molecule has 6 saturated heterocycles. The van der Waals surface area contributed by atoms with E-state index in [9.17, 15) is 19.5 Å². The minimum atomic E-state index is -0.778. The molecule has 7 aliphatic rings. The summed E-state index contributed by atoms with van der Waals surface area (Å²) in [5.74, 6) is 0.342. The van der Waals surface area contributed by atoms with E-state index in [0.29, 0.717) is 71.0 Å². The standard InChI is InChI=1S/C55H59F3N10O5/c1-2-37-42(56)7-3-33-25-36(69)26-39(46(33)37)49-48(58)50-40(27-59-49)51(67-29-34-4-5-35(30-67)60-34)63-54(62-50)73-24-23-64-19-13-55(14-20-64)15-21-65(22-16-55)28-32-11-17-66(18-12-32)43-8-6-38-41(47(43)57)31-68(53(38)72)44-9-10-45(70)61-52(44)71/h1,3,6-8,25-27,32,34-35,44,60,69H,4-5,9-24,28-31H2,(H,61,70,71). The number of likely N-dealkylation sites (tertiary alicyclic amines) is 2. The van der Waals surface area contributed by atoms with Crippen molar-refractivity contribution in [1.29, 1.82) is 0 Å². The van der Waals surface area contributed by atoms with Crippen molar-refractivity contribution in [3.63, 3.8) is 0 Å². The summed E-state index contributed by atoms with van der Waals surface area (Å²) in [7, 11) is 0. The lowest BCUT2D eigenvalue weighted by molar-refractivity contribution is -0.136. The maximum absolute atomic E-state index is 17.1. The Bertz CT molecular complexity index is 3080. The van der Waals surface area contributed by atoms with Crippen molar-refractivity contribution in [2.45, 2.75) is 88.9 Å². The van der Waals surface area contributed by atoms with Crippen LogP contribution in [0.15, 0.2) is 42.6 Å². The number of nitrogens with zero attached hydrogens (tertiary/aromatic N) is 8. The molecule has 3 aromatic carbocycles. The molecule has 18 heteroatoms. The lowest BCUT2D eigenvalue weighted by Crippen LogP contribution is -2.52. The quantitative estimate of drug-likeness (QED) is 0.109. The Morgan fingerprint density at radius 2 is 1.58 bits per heavy atom. The number of piperazine rings is 1. The highest BCUT2D eigenvalue weighted by molar-refractivity contribution is 6.06. The zero-order valence-corrected chi connectivity index (χ0v) is 40.8. The predicted molar refractivity (Wildman–Crippen MR) is 269 cm³/mol. The smallest absolute Gasteiger partial charge is 0.319 e. The molecule has 73 heavy (non-hydrogen) atoms. The molecule has 3 atom stereocenters. The van der Waals surface area contributed by atoms with Crippen LogP contribution in [-0.2, 0) is 16.1 Å². The summed E-state index contributed by atoms with van der Waals surface area (Å²) < 4.78 is 54.4. The normalized spacial score (nSPS) is 23.7. The van der Waals surface area contributed by atoms with Crippen LogP contribution in [0.2, 0.25) is 0 Å². The monoisotopic (exact) mass is 996 g/mol. The Labute approximate surface area is 421 Å². The van der Waals surface area contributed by atoms with Crippen molar-refractivity contribution in [2.24, 2.45) is 11.3 Å². The van der Waals surface area contributed by atoms with Gasteiger partial charge in [-0.1, -0.05) is 12.0 Å². The Morgan fingerprint density at radius 3 is 2.30 bits per heavy atom. The number of imide groups is 1. The number of aromatic hydroxyl groups is 1. The van der Waals surface area contributed by atoms with Gasteiger partial charge in [-0.25, -0.2) is 13.2 Å². The summed E-state index contributed by atoms with van der Waals surface area (Å²) in [6.45, 7) is 8.95. The second-order valence-corrected chi connectivity index (χ2v) is 21.5. The molecule has 0 aliphatic carbocycles. The zero-order valence-electron chi connectivity index (χ0n) is 40.8. The van der Waals surface area contributed by atoms with Crippen LogP contribution < -0.4 is 25.2 Å². The number of nitrogens with one attached hydrogen (secondary N) is 2. The third kappa shape index (κ3) is 8.86. The van der Waals surface area contributed by atoms with E-state index in [2.05, 4.69) is 46.1 Å². The van der Waals surface area contributed by atoms with Crippen LogP contribution in [0.5, 0.6) is 11.8 Å². The van der Waals surface area contributed by atoms with Crippen molar-refractivity contribution in [3.8, 4) is 35.4 Å². The topological polar surface area (TPSA) is 160 Å². The van der Waals surface area contributed by atoms with Crippen molar-refractivity contribution in [1.82, 2.24) is 40.3 Å². The van der Waals surface area contributed by atoms with E-state index >= 15 is 13.2 Å². The predicted octanol–water partition coefficient (Wildman–Crippen LogP) is 6.12. The number of carbonyl (C=O) groups excluding carboxylic acids is 3. The Balaban J connectivity index is 0.652. The number of hydrogen-bond acceptors (Lipinski definition) is 13. The van der Waals surface area contributed by atoms with E-state index in [1.807, 2.05) is 0 Å². The van der Waals surface area contributed by atoms with E-state index in [1.54, 1.807) is 18.3 Å². The molecule has 12 rings (SSSR count). The molecule has 0 radical (unpaired) electrons. The maximum atomic E-state index is 17.1. The Hall–Kier alpha value is -6.55. The van der Waals surface area contributed by atoms with Crippen molar-refractivity contribution >= 4 is 50.9 Å². The average Bonchev–Trinajstić information content (AvgIpc) is 3.92. The van der Waals surface area contributed by atoms with Crippen LogP contribution >= 0.6 is 0 Å². The fourth-order valence-corrected chi connectivity index (χ4v) is 13.0. The minimum Gasteiger partial charge on any atom is -0.508 e. The summed E-state index contributed by atoms with van der Waals surface area (Å²) in [5.41, 5.74) is 1.46. The molecular formula is C55H59F3N10O5. The first-order chi connectivity index (χ1) is 35.4. The summed E-state index contributed by atoms with van der Waals surface area (Å²) in [6, 6.07) is 8.80. The number of hydrogen-bond donors (Lipinski definition) is 3. The van der Waals surface area contributed by atoms with Crippen molar-refractivity contribution < 1.29 is 37.4 Å². The lowest BCUT2D eigenvalue weighted by atomic mass is 9.71. The van der Waals surface area contributed by atoms with E-state index in [4.69, 9.17) is 16.1 Å². The fraction of sp³-hybridized carbons (Fsp3) is 0.491. The molecule has 380 valence electrons. The van der Waals surface area contributed by atoms with Gasteiger partial charge in [0, 0.05) is 86.0 Å². The van der Waals surface area contributed by atoms with Gasteiger partial charge in [0.05, 0.1) is 23.2 Å². The third-order valence-corrected chi connectivity index (χ3v) is 17.2. The van der Waals surface area contributed by atoms with Crippen LogP contribution in [-0.4, -0.2) is 143 Å². The largest absolute Gasteiger partial charge is 0.508 e. The van der Waals surface area contributed by atoms with E-state index in [0.717, 1.165) is 97.2 Å². The number of carbonyl (C=O) groups is 3. The van der Waals surface area contributed by atoms with Crippen molar-refractivity contribution in [3.05, 3.63) is 76.7 Å². The van der Waals surface area contributed by atoms with Crippen molar-refractivity contribution in [2.75, 3.05) is 81.9 Å². The highest BCUT2D eigenvalue weighted by Gasteiger charge is 2.42. The number of fused-ring (bicyclic) bond motifs is 5. The van der Waals surface area contributed by atoms with Gasteiger partial charge in [0.15, 0.2) is 11.6 Å². The number of benzene rings is 3. The molecule has 0 saturated carbocycles. The Morgan fingerprint density at radius 1 is 0.836 bits per heavy atom. The first kappa shape index (κ1) is 47.5. The van der Waals surface area contributed by atoms with Gasteiger partial charge < -0.3 is 34.8 Å². The van der Waals surface area contributed by atoms with Gasteiger partial charge in [-0.05, 0) is 131 Å². The van der Waals surface area contributed by atoms with Gasteiger partial charge in [-0.15, -0.1) is 6.42 Å². The summed E-state index contributed by atoms with van der Waals surface area (Å²) in [5, 5.41) is 17.8. The third-order valence-electron chi connectivity index (χ3n) is 17.2. The minimum absolute atomic E-state index is 0.0219. The number of halogens is 3. The first-order valence-corrected chi connectivity index (χ1v) is 26.0. The van der Waals surface area contributed by atoms with Crippen LogP contribution in [0.25, 0.3) is 32.9 Å². The molecular weight excluding hydrogens is 938 g/mol. The van der Waals surface area contributed by atoms with E-state index < -0.39 is 29.4 Å². The SMILES string of the molecule is C#Cc1c(F)ccc2cc(O)cc(-c3ncc4c(N5CC6CCC(C5)N6)nc(OCCN5CCC6(CC5)CCN(CC5CCN(c7ccc8c(c7F)CN(C7CCC(=O)NC7=O)C8=O)CC5)CC6)nc4c3F)c12. The number of phenols is 1. The first-order valence-electron chi connectivity index (χ1n) is 26.0. The molecule has 3 unspecified atom stereocenters. The number of amides is 3. The van der Waals surface area contributed by atoms with Crippen LogP contribution in [0.4, 0.5) is 24.7 Å². The van der Waals surface area contributed by atoms with Crippen LogP contribution in [0, 0.1) is 41.1 Å². The fourth-order valence-electron chi connectivity index (χ4n) is 13.0.